The van der Waals surface area contributed by atoms with Gasteiger partial charge in [0.15, 0.2) is 5.78 Å². The Morgan fingerprint density at radius 1 is 1.82 bits per heavy atom. The summed E-state index contributed by atoms with van der Waals surface area (Å²) in [6, 6.07) is 0. The first-order valence-electron chi connectivity index (χ1n) is 3.18. The Morgan fingerprint density at radius 3 is 3.00 bits per heavy atom. The average molecular weight is 187 g/mol. The summed E-state index contributed by atoms with van der Waals surface area (Å²) in [5.41, 5.74) is 0. The fraction of sp³-hybridized carbons (Fsp3) is 0.429. The van der Waals surface area contributed by atoms with Crippen molar-refractivity contribution in [3.05, 3.63) is 16.1 Å². The summed E-state index contributed by atoms with van der Waals surface area (Å²) in [5, 5.41) is 1.03. The molecule has 4 heteroatoms. The average Bonchev–Trinajstić information content (AvgIpc) is 2.37. The molecule has 0 spiro atoms. The highest BCUT2D eigenvalue weighted by molar-refractivity contribution is 7.97. The molecule has 0 aliphatic carbocycles. The van der Waals surface area contributed by atoms with Crippen LogP contribution in [-0.4, -0.2) is 17.0 Å². The van der Waals surface area contributed by atoms with Gasteiger partial charge in [-0.15, -0.1) is 11.3 Å². The van der Waals surface area contributed by atoms with Crippen LogP contribution in [0.2, 0.25) is 0 Å². The molecule has 0 aliphatic heterocycles. The maximum atomic E-state index is 10.8. The molecular formula is C7H9NOS2. The van der Waals surface area contributed by atoms with E-state index in [4.69, 9.17) is 0 Å². The van der Waals surface area contributed by atoms with Crippen LogP contribution in [0.5, 0.6) is 0 Å². The van der Waals surface area contributed by atoms with Crippen LogP contribution in [-0.2, 0) is 5.75 Å². The van der Waals surface area contributed by atoms with Crippen molar-refractivity contribution in [2.24, 2.45) is 0 Å². The summed E-state index contributed by atoms with van der Waals surface area (Å²) in [6.07, 6.45) is 3.67. The van der Waals surface area contributed by atoms with Gasteiger partial charge in [0.05, 0.1) is 4.88 Å². The number of Topliss-reactive ketones (excluding diaryl/α,β-unsaturated/α-hetero) is 1. The number of thiazole rings is 1. The number of ketones is 1. The number of thioether (sulfide) groups is 1. The van der Waals surface area contributed by atoms with E-state index in [-0.39, 0.29) is 5.78 Å². The maximum Gasteiger partial charge on any atom is 0.171 e. The molecule has 0 unspecified atom stereocenters. The van der Waals surface area contributed by atoms with Gasteiger partial charge in [-0.25, -0.2) is 4.98 Å². The molecule has 0 N–H and O–H groups in total. The molecule has 2 nitrogen and oxygen atoms in total. The third-order valence-corrected chi connectivity index (χ3v) is 3.01. The highest BCUT2D eigenvalue weighted by Crippen LogP contribution is 2.17. The fourth-order valence-corrected chi connectivity index (χ4v) is 2.18. The van der Waals surface area contributed by atoms with Gasteiger partial charge in [0.2, 0.25) is 0 Å². The fourth-order valence-electron chi connectivity index (χ4n) is 0.663. The summed E-state index contributed by atoms with van der Waals surface area (Å²) in [5.74, 6) is 1.01. The van der Waals surface area contributed by atoms with E-state index in [9.17, 15) is 4.79 Å². The number of hydrogen-bond acceptors (Lipinski definition) is 4. The molecule has 0 fully saturated rings. The molecule has 1 aromatic heterocycles. The van der Waals surface area contributed by atoms with Crippen molar-refractivity contribution in [3.8, 4) is 0 Å². The van der Waals surface area contributed by atoms with E-state index in [2.05, 4.69) is 4.98 Å². The second kappa shape index (κ2) is 3.88. The van der Waals surface area contributed by atoms with Gasteiger partial charge in [-0.2, -0.15) is 11.8 Å². The summed E-state index contributed by atoms with van der Waals surface area (Å²) >= 11 is 3.20. The quantitative estimate of drug-likeness (QED) is 0.679. The van der Waals surface area contributed by atoms with Crippen molar-refractivity contribution in [1.29, 1.82) is 0 Å². The van der Waals surface area contributed by atoms with Crippen LogP contribution in [0.3, 0.4) is 0 Å². The van der Waals surface area contributed by atoms with Crippen LogP contribution >= 0.6 is 23.1 Å². The molecule has 0 saturated carbocycles. The van der Waals surface area contributed by atoms with Crippen LogP contribution < -0.4 is 0 Å². The smallest absolute Gasteiger partial charge is 0.171 e. The van der Waals surface area contributed by atoms with Crippen LogP contribution in [0.15, 0.2) is 6.20 Å². The molecule has 1 aromatic rings. The van der Waals surface area contributed by atoms with Gasteiger partial charge >= 0.3 is 0 Å². The van der Waals surface area contributed by atoms with Gasteiger partial charge < -0.3 is 0 Å². The Bertz CT molecular complexity index is 257. The molecule has 1 heterocycles. The van der Waals surface area contributed by atoms with Gasteiger partial charge in [0, 0.05) is 18.9 Å². The third kappa shape index (κ3) is 2.31. The Kier molecular flexibility index (Phi) is 3.08. The minimum atomic E-state index is 0.106. The third-order valence-electron chi connectivity index (χ3n) is 1.17. The van der Waals surface area contributed by atoms with Gasteiger partial charge in [-0.05, 0) is 6.26 Å². The first-order valence-corrected chi connectivity index (χ1v) is 5.39. The van der Waals surface area contributed by atoms with E-state index >= 15 is 0 Å². The number of aromatic nitrogens is 1. The molecule has 0 aromatic carbocycles. The molecule has 1 rings (SSSR count). The second-order valence-electron chi connectivity index (χ2n) is 2.11. The van der Waals surface area contributed by atoms with Crippen molar-refractivity contribution in [2.45, 2.75) is 12.7 Å². The molecular weight excluding hydrogens is 178 g/mol. The van der Waals surface area contributed by atoms with E-state index in [0.717, 1.165) is 15.6 Å². The zero-order valence-corrected chi connectivity index (χ0v) is 8.09. The largest absolute Gasteiger partial charge is 0.294 e. The molecule has 0 radical (unpaired) electrons. The second-order valence-corrected chi connectivity index (χ2v) is 4.09. The molecule has 60 valence electrons. The first kappa shape index (κ1) is 8.74. The number of hydrogen-bond donors (Lipinski definition) is 0. The van der Waals surface area contributed by atoms with E-state index in [1.165, 1.54) is 11.3 Å². The normalized spacial score (nSPS) is 10.0. The predicted molar refractivity (Wildman–Crippen MR) is 49.3 cm³/mol. The molecule has 11 heavy (non-hydrogen) atoms. The Labute approximate surface area is 74.0 Å². The Balaban J connectivity index is 2.73. The van der Waals surface area contributed by atoms with E-state index in [0.29, 0.717) is 0 Å². The van der Waals surface area contributed by atoms with E-state index in [1.54, 1.807) is 24.9 Å². The molecule has 0 bridgehead atoms. The number of nitrogens with zero attached hydrogens (tertiary/aromatic N) is 1. The summed E-state index contributed by atoms with van der Waals surface area (Å²) in [7, 11) is 0. The van der Waals surface area contributed by atoms with Crippen LogP contribution in [0, 0.1) is 0 Å². The Morgan fingerprint density at radius 2 is 2.55 bits per heavy atom. The zero-order valence-electron chi connectivity index (χ0n) is 6.46. The number of carbonyl (C=O) groups is 1. The zero-order chi connectivity index (χ0) is 8.27. The molecule has 0 aliphatic rings. The predicted octanol–water partition coefficient (Wildman–Crippen LogP) is 2.21. The van der Waals surface area contributed by atoms with E-state index < -0.39 is 0 Å². The van der Waals surface area contributed by atoms with Gasteiger partial charge in [-0.3, -0.25) is 4.79 Å². The standard InChI is InChI=1S/C7H9NOS2/c1-5(9)6-3-8-7(11-6)4-10-2/h3H,4H2,1-2H3. The lowest BCUT2D eigenvalue weighted by Gasteiger charge is -1.86. The van der Waals surface area contributed by atoms with Crippen LogP contribution in [0.1, 0.15) is 21.6 Å². The lowest BCUT2D eigenvalue weighted by atomic mass is 10.4. The molecule has 0 amide bonds. The minimum Gasteiger partial charge on any atom is -0.294 e. The topological polar surface area (TPSA) is 30.0 Å². The lowest BCUT2D eigenvalue weighted by Crippen LogP contribution is -1.83. The highest BCUT2D eigenvalue weighted by Gasteiger charge is 2.04. The molecule has 0 atom stereocenters. The summed E-state index contributed by atoms with van der Waals surface area (Å²) in [6.45, 7) is 1.57. The van der Waals surface area contributed by atoms with Gasteiger partial charge in [0.25, 0.3) is 0 Å². The summed E-state index contributed by atoms with van der Waals surface area (Å²) < 4.78 is 0. The number of rotatable bonds is 3. The minimum absolute atomic E-state index is 0.106. The van der Waals surface area contributed by atoms with Gasteiger partial charge in [0.1, 0.15) is 5.01 Å². The van der Waals surface area contributed by atoms with Gasteiger partial charge in [-0.1, -0.05) is 0 Å². The van der Waals surface area contributed by atoms with E-state index in [1.807, 2.05) is 6.26 Å². The maximum absolute atomic E-state index is 10.8. The monoisotopic (exact) mass is 187 g/mol. The van der Waals surface area contributed by atoms with Crippen LogP contribution in [0.25, 0.3) is 0 Å². The lowest BCUT2D eigenvalue weighted by molar-refractivity contribution is 0.102. The van der Waals surface area contributed by atoms with Crippen molar-refractivity contribution in [1.82, 2.24) is 4.98 Å². The van der Waals surface area contributed by atoms with Crippen LogP contribution in [0.4, 0.5) is 0 Å². The SMILES string of the molecule is CSCc1ncc(C(C)=O)s1. The van der Waals surface area contributed by atoms with Crippen molar-refractivity contribution >= 4 is 28.9 Å². The van der Waals surface area contributed by atoms with Crippen molar-refractivity contribution in [2.75, 3.05) is 6.26 Å². The number of carbonyl (C=O) groups excluding carboxylic acids is 1. The van der Waals surface area contributed by atoms with Crippen molar-refractivity contribution in [3.63, 3.8) is 0 Å². The molecule has 0 saturated heterocycles. The first-order chi connectivity index (χ1) is 5.24. The van der Waals surface area contributed by atoms with Crippen molar-refractivity contribution < 1.29 is 4.79 Å². The highest BCUT2D eigenvalue weighted by atomic mass is 32.2. The summed E-state index contributed by atoms with van der Waals surface area (Å²) in [4.78, 5) is 15.7. The Hall–Kier alpha value is -0.350.